The Balaban J connectivity index is 0.823. The summed E-state index contributed by atoms with van der Waals surface area (Å²) in [4.78, 5) is 40.9. The molecule has 66 heavy (non-hydrogen) atoms. The summed E-state index contributed by atoms with van der Waals surface area (Å²) in [6.07, 6.45) is 6.31. The number of benzene rings is 2. The largest absolute Gasteiger partial charge is 0.489 e. The molecule has 6 heterocycles. The maximum absolute atomic E-state index is 14.7. The van der Waals surface area contributed by atoms with E-state index in [-0.39, 0.29) is 35.6 Å². The van der Waals surface area contributed by atoms with Crippen molar-refractivity contribution in [3.8, 4) is 34.8 Å². The van der Waals surface area contributed by atoms with E-state index in [0.717, 1.165) is 60.8 Å². The van der Waals surface area contributed by atoms with E-state index < -0.39 is 17.3 Å². The molecule has 14 nitrogen and oxygen atoms in total. The fourth-order valence-electron chi connectivity index (χ4n) is 10.6. The molecular formula is C49H52ClF2N11O3. The van der Waals surface area contributed by atoms with E-state index in [2.05, 4.69) is 52.8 Å². The van der Waals surface area contributed by atoms with Crippen molar-refractivity contribution in [2.45, 2.75) is 91.5 Å². The van der Waals surface area contributed by atoms with E-state index >= 15 is 0 Å². The smallest absolute Gasteiger partial charge is 0.264 e. The molecule has 3 aromatic heterocycles. The van der Waals surface area contributed by atoms with Gasteiger partial charge in [-0.2, -0.15) is 15.5 Å². The van der Waals surface area contributed by atoms with Gasteiger partial charge in [0.05, 0.1) is 34.9 Å². The second-order valence-corrected chi connectivity index (χ2v) is 19.4. The zero-order valence-corrected chi connectivity index (χ0v) is 38.7. The fraction of sp³-hybridized carbons (Fsp3) is 0.449. The molecule has 1 aliphatic carbocycles. The molecule has 0 bridgehead atoms. The van der Waals surface area contributed by atoms with Gasteiger partial charge in [-0.3, -0.25) is 23.9 Å². The van der Waals surface area contributed by atoms with E-state index in [1.165, 1.54) is 12.4 Å². The Morgan fingerprint density at radius 1 is 1.05 bits per heavy atom. The molecule has 9 rings (SSSR count). The van der Waals surface area contributed by atoms with Gasteiger partial charge in [-0.15, -0.1) is 0 Å². The summed E-state index contributed by atoms with van der Waals surface area (Å²) in [7, 11) is 1.77. The first-order chi connectivity index (χ1) is 31.5. The van der Waals surface area contributed by atoms with Crippen LogP contribution < -0.4 is 15.0 Å². The molecule has 2 amide bonds. The number of aryl methyl sites for hydroxylation is 2. The number of alkyl halides is 2. The Kier molecular flexibility index (Phi) is 11.9. The van der Waals surface area contributed by atoms with Crippen LogP contribution in [0.4, 0.5) is 20.3 Å². The lowest BCUT2D eigenvalue weighted by molar-refractivity contribution is -0.164. The maximum Gasteiger partial charge on any atom is 0.264 e. The first kappa shape index (κ1) is 44.8. The molecule has 0 spiro atoms. The van der Waals surface area contributed by atoms with Crippen molar-refractivity contribution in [2.24, 2.45) is 17.9 Å². The van der Waals surface area contributed by atoms with Gasteiger partial charge in [0.1, 0.15) is 17.9 Å². The summed E-state index contributed by atoms with van der Waals surface area (Å²) < 4.78 is 39.5. The summed E-state index contributed by atoms with van der Waals surface area (Å²) in [6.45, 7) is 13.7. The Hall–Kier alpha value is -6.36. The van der Waals surface area contributed by atoms with Crippen LogP contribution in [0, 0.1) is 34.0 Å². The van der Waals surface area contributed by atoms with Gasteiger partial charge in [0.2, 0.25) is 11.7 Å². The number of halogens is 3. The number of likely N-dealkylation sites (tertiary alicyclic amines) is 1. The highest BCUT2D eigenvalue weighted by molar-refractivity contribution is 6.31. The van der Waals surface area contributed by atoms with Crippen molar-refractivity contribution in [3.05, 3.63) is 99.5 Å². The summed E-state index contributed by atoms with van der Waals surface area (Å²) in [6, 6.07) is 10.5. The van der Waals surface area contributed by atoms with Gasteiger partial charge in [-0.25, -0.2) is 18.7 Å². The SMILES string of the molecule is CC(=O)N1CCc2c(c(N3CCCc4cc(-c5cnn(C)c5)c(C(F)F)cc43)nn2C2CN(CCC#Cc3ncc(C(=O)NC4C(C)(C)C(Oc5ccc(C#N)c(Cl)c5)C4(C)C)cn3)C2)C1. The predicted molar refractivity (Wildman–Crippen MR) is 244 cm³/mol. The number of nitrogens with zero attached hydrogens (tertiary/aromatic N) is 10. The second-order valence-electron chi connectivity index (χ2n) is 19.0. The number of rotatable bonds is 10. The monoisotopic (exact) mass is 915 g/mol. The summed E-state index contributed by atoms with van der Waals surface area (Å²) in [5.41, 5.74) is 4.79. The van der Waals surface area contributed by atoms with Gasteiger partial charge in [-0.1, -0.05) is 45.2 Å². The molecular weight excluding hydrogens is 864 g/mol. The molecule has 2 aromatic carbocycles. The fourth-order valence-corrected chi connectivity index (χ4v) is 10.8. The molecule has 2 fully saturated rings. The number of ether oxygens (including phenoxy) is 1. The lowest BCUT2D eigenvalue weighted by Gasteiger charge is -2.63. The highest BCUT2D eigenvalue weighted by Crippen LogP contribution is 2.56. The van der Waals surface area contributed by atoms with Crippen molar-refractivity contribution < 1.29 is 23.1 Å². The Morgan fingerprint density at radius 3 is 2.47 bits per heavy atom. The van der Waals surface area contributed by atoms with Gasteiger partial charge in [0, 0.05) is 129 Å². The quantitative estimate of drug-likeness (QED) is 0.140. The van der Waals surface area contributed by atoms with Crippen LogP contribution in [-0.4, -0.2) is 96.0 Å². The molecule has 0 atom stereocenters. The zero-order chi connectivity index (χ0) is 46.7. The summed E-state index contributed by atoms with van der Waals surface area (Å²) in [5.74, 6) is 7.55. The van der Waals surface area contributed by atoms with E-state index in [4.69, 9.17) is 21.4 Å². The molecule has 342 valence electrons. The number of nitrogens with one attached hydrogen (secondary N) is 1. The van der Waals surface area contributed by atoms with Crippen LogP contribution in [0.2, 0.25) is 5.02 Å². The van der Waals surface area contributed by atoms with Crippen molar-refractivity contribution >= 4 is 34.9 Å². The van der Waals surface area contributed by atoms with Crippen LogP contribution in [-0.2, 0) is 31.2 Å². The van der Waals surface area contributed by atoms with E-state index in [1.54, 1.807) is 55.3 Å². The minimum Gasteiger partial charge on any atom is -0.489 e. The molecule has 0 unspecified atom stereocenters. The van der Waals surface area contributed by atoms with Crippen LogP contribution in [0.3, 0.4) is 0 Å². The Morgan fingerprint density at radius 2 is 1.80 bits per heavy atom. The molecule has 4 aliphatic rings. The van der Waals surface area contributed by atoms with Crippen molar-refractivity contribution in [1.29, 1.82) is 5.26 Å². The molecule has 1 saturated heterocycles. The highest BCUT2D eigenvalue weighted by Gasteiger charge is 2.64. The van der Waals surface area contributed by atoms with Gasteiger partial charge in [0.25, 0.3) is 12.3 Å². The van der Waals surface area contributed by atoms with Gasteiger partial charge in [-0.05, 0) is 54.2 Å². The van der Waals surface area contributed by atoms with Gasteiger partial charge in [0.15, 0.2) is 5.82 Å². The van der Waals surface area contributed by atoms with Gasteiger partial charge >= 0.3 is 0 Å². The molecule has 1 saturated carbocycles. The number of aromatic nitrogens is 6. The maximum atomic E-state index is 14.7. The lowest BCUT2D eigenvalue weighted by atomic mass is 9.49. The number of carbonyl (C=O) groups is 2. The van der Waals surface area contributed by atoms with Crippen LogP contribution in [0.5, 0.6) is 5.75 Å². The van der Waals surface area contributed by atoms with Crippen LogP contribution in [0.15, 0.2) is 55.1 Å². The average Bonchev–Trinajstić information content (AvgIpc) is 3.89. The first-order valence-electron chi connectivity index (χ1n) is 22.3. The van der Waals surface area contributed by atoms with E-state index in [0.29, 0.717) is 71.3 Å². The normalized spacial score (nSPS) is 19.7. The van der Waals surface area contributed by atoms with Crippen LogP contribution >= 0.6 is 11.6 Å². The summed E-state index contributed by atoms with van der Waals surface area (Å²) >= 11 is 6.25. The number of amides is 2. The molecule has 1 N–H and O–H groups in total. The standard InChI is InChI=1S/C49H52ClF2N11O3/c1-29(64)61-17-14-40-38(28-61)44(62-16-9-10-30-18-36(33-24-56-59(6)25-33)37(43(51)52)20-41(30)62)58-63(40)34-26-60(27-34)15-8-7-11-42-54-22-32(23-55-42)45(65)57-46-48(2,3)47(49(46,4)5)66-35-13-12-31(21-53)39(50)19-35/h12-13,18-20,22-25,34,43,46-47H,8-10,14-17,26-28H2,1-6H3,(H,57,65). The van der Waals surface area contributed by atoms with Gasteiger partial charge < -0.3 is 19.9 Å². The first-order valence-corrected chi connectivity index (χ1v) is 22.7. The second kappa shape index (κ2) is 17.5. The van der Waals surface area contributed by atoms with Crippen molar-refractivity contribution in [1.82, 2.24) is 44.6 Å². The Bertz CT molecular complexity index is 2800. The van der Waals surface area contributed by atoms with E-state index in [1.807, 2.05) is 38.7 Å². The Labute approximate surface area is 387 Å². The number of fused-ring (bicyclic) bond motifs is 2. The highest BCUT2D eigenvalue weighted by atomic mass is 35.5. The van der Waals surface area contributed by atoms with Crippen molar-refractivity contribution in [3.63, 3.8) is 0 Å². The minimum absolute atomic E-state index is 0.00549. The predicted octanol–water partition coefficient (Wildman–Crippen LogP) is 7.44. The van der Waals surface area contributed by atoms with Crippen LogP contribution in [0.1, 0.15) is 104 Å². The molecule has 3 aliphatic heterocycles. The number of anilines is 2. The number of hydrogen-bond donors (Lipinski definition) is 1. The number of nitriles is 1. The number of hydrogen-bond acceptors (Lipinski definition) is 10. The summed E-state index contributed by atoms with van der Waals surface area (Å²) in [5, 5.41) is 22.2. The van der Waals surface area contributed by atoms with E-state index in [9.17, 15) is 23.6 Å². The average molecular weight is 916 g/mol. The zero-order valence-electron chi connectivity index (χ0n) is 37.9. The third-order valence-electron chi connectivity index (χ3n) is 13.8. The van der Waals surface area contributed by atoms with Crippen LogP contribution in [0.25, 0.3) is 11.1 Å². The minimum atomic E-state index is -2.68. The molecule has 5 aromatic rings. The molecule has 0 radical (unpaired) electrons. The van der Waals surface area contributed by atoms with Crippen molar-refractivity contribution in [2.75, 3.05) is 37.6 Å². The molecule has 17 heteroatoms. The third kappa shape index (κ3) is 8.26. The third-order valence-corrected chi connectivity index (χ3v) is 14.1. The lowest BCUT2D eigenvalue weighted by Crippen LogP contribution is -2.74. The topological polar surface area (TPSA) is 150 Å². The number of carbonyl (C=O) groups excluding carboxylic acids is 2.